The molecule has 0 radical (unpaired) electrons. The fraction of sp³-hybridized carbons (Fsp3) is 0. The molecule has 13 heteroatoms. The number of aromatic carboxylic acids is 2. The smallest absolute Gasteiger partial charge is 0.335 e. The summed E-state index contributed by atoms with van der Waals surface area (Å²) >= 11 is 0. The second-order valence-electron chi connectivity index (χ2n) is 19.1. The van der Waals surface area contributed by atoms with Crippen molar-refractivity contribution < 1.29 is 57.9 Å². The number of ether oxygens (including phenoxy) is 4. The Bertz CT molecular complexity index is 4400. The van der Waals surface area contributed by atoms with Gasteiger partial charge in [-0.05, 0) is 208 Å². The van der Waals surface area contributed by atoms with E-state index in [4.69, 9.17) is 18.9 Å². The van der Waals surface area contributed by atoms with E-state index >= 15 is 0 Å². The van der Waals surface area contributed by atoms with Crippen LogP contribution >= 0.6 is 0 Å². The normalized spacial score (nSPS) is 10.4. The fourth-order valence-electron chi connectivity index (χ4n) is 9.73. The number of nitrogens with zero attached hydrogens (tertiary/aromatic N) is 1. The number of carboxylic acids is 2. The lowest BCUT2D eigenvalue weighted by Crippen LogP contribution is -1.95. The summed E-state index contributed by atoms with van der Waals surface area (Å²) < 4.78 is 22.5. The van der Waals surface area contributed by atoms with Gasteiger partial charge in [0, 0.05) is 49.8 Å². The van der Waals surface area contributed by atoms with Crippen LogP contribution in [0.3, 0.4) is 0 Å². The minimum atomic E-state index is -1.04. The van der Waals surface area contributed by atoms with E-state index in [1.807, 2.05) is 120 Å². The summed E-state index contributed by atoms with van der Waals surface area (Å²) in [6.07, 6.45) is 0. The number of aromatic nitrogens is 1. The van der Waals surface area contributed by atoms with E-state index in [0.29, 0.717) is 82.3 Å². The van der Waals surface area contributed by atoms with Gasteiger partial charge in [0.25, 0.3) is 25.9 Å². The summed E-state index contributed by atoms with van der Waals surface area (Å²) in [5.74, 6) is 19.5. The molecule has 0 bridgehead atoms. The summed E-state index contributed by atoms with van der Waals surface area (Å²) in [5, 5.41) is 20.8. The molecule has 11 rings (SSSR count). The first-order valence-electron chi connectivity index (χ1n) is 26.0. The van der Waals surface area contributed by atoms with Gasteiger partial charge in [0.1, 0.15) is 23.0 Å². The maximum absolute atomic E-state index is 11.8. The number of rotatable bonds is 15. The van der Waals surface area contributed by atoms with Crippen molar-refractivity contribution in [2.24, 2.45) is 0 Å². The van der Waals surface area contributed by atoms with Crippen molar-refractivity contribution in [3.63, 3.8) is 0 Å². The standard InChI is InChI=1S/C72H41NO12/c74-42-82-63-23-17-54(18-24-63)60-36-50(34-58(38-60)52-9-13-56(14-10-52)71(78)79)5-3-48-31-47(2-1-46-7-21-62(22-8-46)73-69-29-27-65(84-44-76)40-67(69)68-41-66(85-45-77)28-30-70(68)73)32-49(33-48)4-6-51-35-59(53-11-15-57(16-12-53)72(80)81)39-61(37-51)55-19-25-64(26-20-55)83-43-75/h7-45H,(H,78,79)(H,80,81). The molecule has 1 aromatic heterocycles. The predicted octanol–water partition coefficient (Wildman–Crippen LogP) is 13.2. The lowest BCUT2D eigenvalue weighted by atomic mass is 9.95. The van der Waals surface area contributed by atoms with Crippen LogP contribution in [0.5, 0.6) is 23.0 Å². The van der Waals surface area contributed by atoms with Crippen molar-refractivity contribution in [2.45, 2.75) is 0 Å². The average Bonchev–Trinajstić information content (AvgIpc) is 4.05. The van der Waals surface area contributed by atoms with Crippen molar-refractivity contribution in [1.29, 1.82) is 0 Å². The molecule has 0 atom stereocenters. The quantitative estimate of drug-likeness (QED) is 0.0732. The molecule has 0 aliphatic rings. The number of hydrogen-bond acceptors (Lipinski definition) is 10. The van der Waals surface area contributed by atoms with Gasteiger partial charge in [-0.3, -0.25) is 19.2 Å². The van der Waals surface area contributed by atoms with Gasteiger partial charge < -0.3 is 33.7 Å². The topological polar surface area (TPSA) is 185 Å². The zero-order valence-electron chi connectivity index (χ0n) is 44.4. The Labute approximate surface area is 485 Å². The molecule has 0 unspecified atom stereocenters. The number of carboxylic acid groups (broad SMARTS) is 2. The van der Waals surface area contributed by atoms with Crippen LogP contribution in [0.1, 0.15) is 54.1 Å². The van der Waals surface area contributed by atoms with Crippen LogP contribution < -0.4 is 18.9 Å². The Morgan fingerprint density at radius 3 is 0.929 bits per heavy atom. The highest BCUT2D eigenvalue weighted by Gasteiger charge is 2.16. The summed E-state index contributed by atoms with van der Waals surface area (Å²) in [7, 11) is 0. The van der Waals surface area contributed by atoms with Gasteiger partial charge in [0.2, 0.25) is 0 Å². The first kappa shape index (κ1) is 54.5. The SMILES string of the molecule is O=COc1ccc(-c2cc(C#Cc3cc(C#Cc4ccc(-n5c6ccc(OC=O)cc6c6cc(OC=O)ccc65)cc4)cc(C#Cc4cc(-c5ccc(OC=O)cc5)cc(-c5ccc(C(=O)O)cc5)c4)c3)cc(-c3ccc(C(=O)O)cc3)c2)cc1. The summed E-state index contributed by atoms with van der Waals surface area (Å²) in [6, 6.07) is 62.8. The zero-order chi connectivity index (χ0) is 58.8. The van der Waals surface area contributed by atoms with Crippen LogP contribution in [-0.2, 0) is 19.2 Å². The average molecular weight is 1110 g/mol. The van der Waals surface area contributed by atoms with E-state index in [0.717, 1.165) is 72.0 Å². The second kappa shape index (κ2) is 24.5. The Morgan fingerprint density at radius 2 is 0.600 bits per heavy atom. The van der Waals surface area contributed by atoms with Gasteiger partial charge in [-0.25, -0.2) is 9.59 Å². The fourth-order valence-corrected chi connectivity index (χ4v) is 9.73. The molecular formula is C72H41NO12. The third-order valence-electron chi connectivity index (χ3n) is 13.7. The molecule has 0 saturated heterocycles. The predicted molar refractivity (Wildman–Crippen MR) is 320 cm³/mol. The largest absolute Gasteiger partial charge is 0.478 e. The Hall–Kier alpha value is -12.5. The minimum Gasteiger partial charge on any atom is -0.478 e. The van der Waals surface area contributed by atoms with Gasteiger partial charge in [0.05, 0.1) is 22.2 Å². The lowest BCUT2D eigenvalue weighted by molar-refractivity contribution is -0.121. The van der Waals surface area contributed by atoms with Gasteiger partial charge in [-0.2, -0.15) is 0 Å². The van der Waals surface area contributed by atoms with E-state index in [2.05, 4.69) is 35.5 Å². The first-order valence-corrected chi connectivity index (χ1v) is 26.0. The van der Waals surface area contributed by atoms with Gasteiger partial charge in [-0.15, -0.1) is 0 Å². The Kier molecular flexibility index (Phi) is 15.7. The molecule has 0 aliphatic heterocycles. The summed E-state index contributed by atoms with van der Waals surface area (Å²) in [6.45, 7) is 1.45. The Morgan fingerprint density at radius 1 is 0.306 bits per heavy atom. The summed E-state index contributed by atoms with van der Waals surface area (Å²) in [4.78, 5) is 68.2. The molecular weight excluding hydrogens is 1070 g/mol. The number of carbonyl (C=O) groups excluding carboxylic acids is 4. The van der Waals surface area contributed by atoms with Crippen LogP contribution in [0, 0.1) is 35.5 Å². The van der Waals surface area contributed by atoms with Crippen molar-refractivity contribution in [2.75, 3.05) is 0 Å². The highest BCUT2D eigenvalue weighted by Crippen LogP contribution is 2.37. The molecule has 0 fully saturated rings. The van der Waals surface area contributed by atoms with Crippen LogP contribution in [0.2, 0.25) is 0 Å². The van der Waals surface area contributed by atoms with Gasteiger partial charge >= 0.3 is 11.9 Å². The molecule has 11 aromatic rings. The molecule has 0 amide bonds. The monoisotopic (exact) mass is 1110 g/mol. The molecule has 85 heavy (non-hydrogen) atoms. The van der Waals surface area contributed by atoms with Gasteiger partial charge in [-0.1, -0.05) is 84.1 Å². The third kappa shape index (κ3) is 12.5. The zero-order valence-corrected chi connectivity index (χ0v) is 44.4. The Balaban J connectivity index is 1.01. The molecule has 406 valence electrons. The molecule has 0 aliphatic carbocycles. The van der Waals surface area contributed by atoms with Crippen molar-refractivity contribution in [3.8, 4) is 109 Å². The molecule has 10 aromatic carbocycles. The lowest BCUT2D eigenvalue weighted by Gasteiger charge is -2.09. The molecule has 2 N–H and O–H groups in total. The second-order valence-corrected chi connectivity index (χ2v) is 19.1. The van der Waals surface area contributed by atoms with E-state index in [9.17, 15) is 39.0 Å². The molecule has 13 nitrogen and oxygen atoms in total. The first-order chi connectivity index (χ1) is 41.5. The van der Waals surface area contributed by atoms with Crippen LogP contribution in [-0.4, -0.2) is 52.6 Å². The van der Waals surface area contributed by atoms with Crippen LogP contribution in [0.4, 0.5) is 0 Å². The number of fused-ring (bicyclic) bond motifs is 3. The van der Waals surface area contributed by atoms with Crippen LogP contribution in [0.15, 0.2) is 212 Å². The maximum Gasteiger partial charge on any atom is 0.335 e. The van der Waals surface area contributed by atoms with Crippen molar-refractivity contribution in [3.05, 3.63) is 257 Å². The van der Waals surface area contributed by atoms with Crippen molar-refractivity contribution in [1.82, 2.24) is 4.57 Å². The molecule has 1 heterocycles. The number of carbonyl (C=O) groups is 6. The minimum absolute atomic E-state index is 0.146. The van der Waals surface area contributed by atoms with Gasteiger partial charge in [0.15, 0.2) is 0 Å². The highest BCUT2D eigenvalue weighted by molar-refractivity contribution is 6.10. The maximum atomic E-state index is 11.8. The number of benzene rings is 10. The molecule has 0 saturated carbocycles. The van der Waals surface area contributed by atoms with E-state index in [-0.39, 0.29) is 11.1 Å². The van der Waals surface area contributed by atoms with Crippen molar-refractivity contribution >= 4 is 59.6 Å². The van der Waals surface area contributed by atoms with E-state index < -0.39 is 11.9 Å². The highest BCUT2D eigenvalue weighted by atomic mass is 16.5. The summed E-state index contributed by atoms with van der Waals surface area (Å²) in [5.41, 5.74) is 12.9. The van der Waals surface area contributed by atoms with Crippen LogP contribution in [0.25, 0.3) is 72.0 Å². The third-order valence-corrected chi connectivity index (χ3v) is 13.7. The molecule has 0 spiro atoms. The van der Waals surface area contributed by atoms with E-state index in [1.165, 1.54) is 0 Å². The van der Waals surface area contributed by atoms with E-state index in [1.54, 1.807) is 97.1 Å². The number of hydrogen-bond donors (Lipinski definition) is 2.